The minimum Gasteiger partial charge on any atom is -0.477 e. The fourth-order valence-corrected chi connectivity index (χ4v) is 2.50. The molecule has 0 N–H and O–H groups in total. The van der Waals surface area contributed by atoms with Crippen LogP contribution in [0.3, 0.4) is 0 Å². The molecule has 0 bridgehead atoms. The Morgan fingerprint density at radius 3 is 2.58 bits per heavy atom. The molecular formula is C18H17N3O3. The van der Waals surface area contributed by atoms with E-state index in [2.05, 4.69) is 9.98 Å². The van der Waals surface area contributed by atoms with Crippen molar-refractivity contribution in [1.29, 1.82) is 0 Å². The highest BCUT2D eigenvalue weighted by Gasteiger charge is 2.20. The van der Waals surface area contributed by atoms with Crippen LogP contribution in [-0.4, -0.2) is 29.2 Å². The van der Waals surface area contributed by atoms with Gasteiger partial charge in [-0.1, -0.05) is 30.3 Å². The predicted molar refractivity (Wildman–Crippen MR) is 93.4 cm³/mol. The molecule has 0 saturated heterocycles. The van der Waals surface area contributed by atoms with E-state index in [1.165, 1.54) is 12.1 Å². The van der Waals surface area contributed by atoms with E-state index < -0.39 is 4.92 Å². The van der Waals surface area contributed by atoms with Crippen LogP contribution in [-0.2, 0) is 4.74 Å². The standard InChI is InChI=1S/C18H17N3O3/c1-12(2)24-17-11-19-18(13-6-4-3-5-7-13)15-10-14(21(22)23)8-9-16(15)20-17/h3-10,12H,11H2,1-2H3. The maximum absolute atomic E-state index is 11.1. The van der Waals surface area contributed by atoms with Gasteiger partial charge in [0.15, 0.2) is 0 Å². The van der Waals surface area contributed by atoms with Crippen molar-refractivity contribution in [3.05, 3.63) is 69.8 Å². The van der Waals surface area contributed by atoms with Gasteiger partial charge in [-0.3, -0.25) is 15.1 Å². The monoisotopic (exact) mass is 323 g/mol. The number of nitro groups is 1. The second kappa shape index (κ2) is 6.62. The number of non-ortho nitro benzene ring substituents is 1. The second-order valence-corrected chi connectivity index (χ2v) is 5.66. The van der Waals surface area contributed by atoms with Gasteiger partial charge < -0.3 is 4.74 Å². The summed E-state index contributed by atoms with van der Waals surface area (Å²) in [7, 11) is 0. The molecule has 0 amide bonds. The van der Waals surface area contributed by atoms with Crippen LogP contribution in [0.5, 0.6) is 0 Å². The molecule has 0 atom stereocenters. The zero-order chi connectivity index (χ0) is 17.1. The number of benzene rings is 2. The van der Waals surface area contributed by atoms with E-state index in [0.29, 0.717) is 29.4 Å². The Labute approximate surface area is 139 Å². The van der Waals surface area contributed by atoms with Gasteiger partial charge in [0.05, 0.1) is 22.4 Å². The predicted octanol–water partition coefficient (Wildman–Crippen LogP) is 3.90. The normalized spacial score (nSPS) is 13.6. The molecule has 0 saturated carbocycles. The molecule has 3 rings (SSSR count). The van der Waals surface area contributed by atoms with E-state index in [1.54, 1.807) is 6.07 Å². The quantitative estimate of drug-likeness (QED) is 0.635. The van der Waals surface area contributed by atoms with Crippen LogP contribution in [0.4, 0.5) is 11.4 Å². The maximum atomic E-state index is 11.1. The summed E-state index contributed by atoms with van der Waals surface area (Å²) in [4.78, 5) is 19.8. The van der Waals surface area contributed by atoms with Crippen LogP contribution < -0.4 is 0 Å². The molecule has 1 aliphatic rings. The van der Waals surface area contributed by atoms with Gasteiger partial charge in [-0.2, -0.15) is 0 Å². The van der Waals surface area contributed by atoms with Crippen molar-refractivity contribution in [2.24, 2.45) is 9.98 Å². The Hall–Kier alpha value is -3.02. The third-order valence-corrected chi connectivity index (χ3v) is 3.48. The molecule has 1 heterocycles. The fraction of sp³-hybridized carbons (Fsp3) is 0.222. The highest BCUT2D eigenvalue weighted by molar-refractivity contribution is 6.17. The first-order valence-corrected chi connectivity index (χ1v) is 7.67. The Morgan fingerprint density at radius 1 is 1.17 bits per heavy atom. The van der Waals surface area contributed by atoms with Crippen LogP contribution in [0.15, 0.2) is 58.5 Å². The lowest BCUT2D eigenvalue weighted by atomic mass is 10.00. The molecule has 0 unspecified atom stereocenters. The maximum Gasteiger partial charge on any atom is 0.270 e. The van der Waals surface area contributed by atoms with Crippen LogP contribution in [0, 0.1) is 10.1 Å². The first-order chi connectivity index (χ1) is 11.5. The minimum absolute atomic E-state index is 0.0146. The summed E-state index contributed by atoms with van der Waals surface area (Å²) in [6.45, 7) is 4.14. The van der Waals surface area contributed by atoms with Gasteiger partial charge in [-0.15, -0.1) is 0 Å². The van der Waals surface area contributed by atoms with E-state index in [-0.39, 0.29) is 11.8 Å². The van der Waals surface area contributed by atoms with Gasteiger partial charge in [-0.05, 0) is 19.9 Å². The molecule has 0 aromatic heterocycles. The van der Waals surface area contributed by atoms with Crippen molar-refractivity contribution < 1.29 is 9.66 Å². The zero-order valence-electron chi connectivity index (χ0n) is 13.5. The van der Waals surface area contributed by atoms with E-state index in [0.717, 1.165) is 5.56 Å². The number of rotatable bonds is 3. The number of nitro benzene ring substituents is 1. The molecule has 6 heteroatoms. The van der Waals surface area contributed by atoms with Crippen molar-refractivity contribution in [2.45, 2.75) is 20.0 Å². The van der Waals surface area contributed by atoms with Gasteiger partial charge >= 0.3 is 0 Å². The van der Waals surface area contributed by atoms with E-state index in [4.69, 9.17) is 4.74 Å². The number of aliphatic imine (C=N–C) groups is 2. The van der Waals surface area contributed by atoms with Crippen molar-refractivity contribution >= 4 is 23.0 Å². The number of hydrogen-bond acceptors (Lipinski definition) is 5. The summed E-state index contributed by atoms with van der Waals surface area (Å²) in [6, 6.07) is 14.2. The van der Waals surface area contributed by atoms with Gasteiger partial charge in [0.1, 0.15) is 6.54 Å². The molecular weight excluding hydrogens is 306 g/mol. The molecule has 0 fully saturated rings. The SMILES string of the molecule is CC(C)OC1=Nc2ccc([N+](=O)[O-])cc2C(c2ccccc2)=NC1. The van der Waals surface area contributed by atoms with Crippen molar-refractivity contribution in [1.82, 2.24) is 0 Å². The average molecular weight is 323 g/mol. The lowest BCUT2D eigenvalue weighted by molar-refractivity contribution is -0.384. The van der Waals surface area contributed by atoms with Gasteiger partial charge in [0, 0.05) is 23.3 Å². The lowest BCUT2D eigenvalue weighted by Crippen LogP contribution is -2.14. The molecule has 0 aliphatic carbocycles. The Morgan fingerprint density at radius 2 is 1.92 bits per heavy atom. The van der Waals surface area contributed by atoms with Crippen molar-refractivity contribution in [3.63, 3.8) is 0 Å². The summed E-state index contributed by atoms with van der Waals surface area (Å²) in [5, 5.41) is 11.1. The highest BCUT2D eigenvalue weighted by atomic mass is 16.6. The Kier molecular flexibility index (Phi) is 4.37. The summed E-state index contributed by atoms with van der Waals surface area (Å²) in [5.74, 6) is 0.506. The average Bonchev–Trinajstić information content (AvgIpc) is 2.73. The van der Waals surface area contributed by atoms with Gasteiger partial charge in [0.25, 0.3) is 5.69 Å². The molecule has 122 valence electrons. The molecule has 24 heavy (non-hydrogen) atoms. The largest absolute Gasteiger partial charge is 0.477 e. The Balaban J connectivity index is 2.15. The Bertz CT molecular complexity index is 827. The van der Waals surface area contributed by atoms with E-state index in [9.17, 15) is 10.1 Å². The highest BCUT2D eigenvalue weighted by Crippen LogP contribution is 2.29. The lowest BCUT2D eigenvalue weighted by Gasteiger charge is -2.09. The molecule has 2 aromatic rings. The smallest absolute Gasteiger partial charge is 0.270 e. The number of fused-ring (bicyclic) bond motifs is 1. The first kappa shape index (κ1) is 15.9. The van der Waals surface area contributed by atoms with Crippen LogP contribution in [0.2, 0.25) is 0 Å². The second-order valence-electron chi connectivity index (χ2n) is 5.66. The summed E-state index contributed by atoms with van der Waals surface area (Å²) in [6.07, 6.45) is -0.0151. The first-order valence-electron chi connectivity index (χ1n) is 7.67. The third-order valence-electron chi connectivity index (χ3n) is 3.48. The number of hydrogen-bond donors (Lipinski definition) is 0. The minimum atomic E-state index is -0.414. The van der Waals surface area contributed by atoms with Crippen molar-refractivity contribution in [3.8, 4) is 0 Å². The summed E-state index contributed by atoms with van der Waals surface area (Å²) in [5.41, 5.74) is 2.84. The summed E-state index contributed by atoms with van der Waals surface area (Å²) >= 11 is 0. The van der Waals surface area contributed by atoms with Gasteiger partial charge in [0.2, 0.25) is 5.90 Å². The van der Waals surface area contributed by atoms with Crippen LogP contribution in [0.25, 0.3) is 0 Å². The number of nitrogens with zero attached hydrogens (tertiary/aromatic N) is 3. The van der Waals surface area contributed by atoms with E-state index >= 15 is 0 Å². The van der Waals surface area contributed by atoms with Gasteiger partial charge in [-0.25, -0.2) is 4.99 Å². The molecule has 6 nitrogen and oxygen atoms in total. The molecule has 2 aromatic carbocycles. The summed E-state index contributed by atoms with van der Waals surface area (Å²) < 4.78 is 5.70. The van der Waals surface area contributed by atoms with Crippen LogP contribution in [0.1, 0.15) is 25.0 Å². The fourth-order valence-electron chi connectivity index (χ4n) is 2.50. The molecule has 1 aliphatic heterocycles. The third kappa shape index (κ3) is 3.32. The topological polar surface area (TPSA) is 77.1 Å². The van der Waals surface area contributed by atoms with Crippen LogP contribution >= 0.6 is 0 Å². The molecule has 0 radical (unpaired) electrons. The molecule has 0 spiro atoms. The zero-order valence-corrected chi connectivity index (χ0v) is 13.5. The van der Waals surface area contributed by atoms with Crippen molar-refractivity contribution in [2.75, 3.05) is 6.54 Å². The number of ether oxygens (including phenoxy) is 1. The van der Waals surface area contributed by atoms with E-state index in [1.807, 2.05) is 44.2 Å².